The molecule has 0 saturated carbocycles. The van der Waals surface area contributed by atoms with Crippen molar-refractivity contribution in [3.8, 4) is 0 Å². The predicted molar refractivity (Wildman–Crippen MR) is 150 cm³/mol. The highest BCUT2D eigenvalue weighted by Gasteiger charge is 2.25. The quantitative estimate of drug-likeness (QED) is 0.470. The van der Waals surface area contributed by atoms with E-state index in [-0.39, 0.29) is 17.7 Å². The summed E-state index contributed by atoms with van der Waals surface area (Å²) in [5.41, 5.74) is 3.80. The van der Waals surface area contributed by atoms with E-state index in [2.05, 4.69) is 10.2 Å². The Kier molecular flexibility index (Phi) is 8.61. The van der Waals surface area contributed by atoms with E-state index in [0.717, 1.165) is 24.2 Å². The van der Waals surface area contributed by atoms with Crippen molar-refractivity contribution in [1.82, 2.24) is 9.80 Å². The molecule has 1 saturated heterocycles. The van der Waals surface area contributed by atoms with E-state index < -0.39 is 0 Å². The van der Waals surface area contributed by atoms with Gasteiger partial charge in [-0.25, -0.2) is 0 Å². The van der Waals surface area contributed by atoms with Crippen molar-refractivity contribution >= 4 is 40.4 Å². The summed E-state index contributed by atoms with van der Waals surface area (Å²) < 4.78 is 0. The Labute approximate surface area is 222 Å². The first-order chi connectivity index (χ1) is 17.9. The summed E-state index contributed by atoms with van der Waals surface area (Å²) >= 11 is 1.37. The van der Waals surface area contributed by atoms with Gasteiger partial charge in [-0.3, -0.25) is 14.4 Å². The maximum Gasteiger partial charge on any atom is 0.265 e. The minimum Gasteiger partial charge on any atom is -0.369 e. The van der Waals surface area contributed by atoms with Crippen LogP contribution in [0.25, 0.3) is 0 Å². The first kappa shape index (κ1) is 26.4. The summed E-state index contributed by atoms with van der Waals surface area (Å²) in [4.78, 5) is 45.7. The summed E-state index contributed by atoms with van der Waals surface area (Å²) in [5.74, 6) is -0.221. The maximum absolute atomic E-state index is 13.5. The van der Waals surface area contributed by atoms with Crippen LogP contribution in [0.5, 0.6) is 0 Å². The van der Waals surface area contributed by atoms with Crippen molar-refractivity contribution in [1.29, 1.82) is 0 Å². The molecule has 0 aliphatic carbocycles. The van der Waals surface area contributed by atoms with Gasteiger partial charge in [0, 0.05) is 56.2 Å². The number of hydrogen-bond acceptors (Lipinski definition) is 5. The van der Waals surface area contributed by atoms with Gasteiger partial charge in [0.1, 0.15) is 0 Å². The van der Waals surface area contributed by atoms with Crippen molar-refractivity contribution < 1.29 is 14.4 Å². The van der Waals surface area contributed by atoms with Gasteiger partial charge in [-0.1, -0.05) is 23.8 Å². The molecule has 1 fully saturated rings. The second-order valence-electron chi connectivity index (χ2n) is 9.14. The molecule has 1 aliphatic rings. The van der Waals surface area contributed by atoms with Crippen LogP contribution in [0.15, 0.2) is 60.0 Å². The molecule has 0 atom stereocenters. The monoisotopic (exact) mass is 518 g/mol. The standard InChI is InChI=1S/C29H34N4O3S/c1-4-31(5-2)29(36)24-20-23(30-27(34)26-8-6-19-37-26)13-14-25(24)32-15-7-16-33(18-17-32)28(35)22-11-9-21(3)10-12-22/h6,8-14,19-20H,4-5,7,15-18H2,1-3H3,(H,30,34). The van der Waals surface area contributed by atoms with Gasteiger partial charge in [0.2, 0.25) is 0 Å². The van der Waals surface area contributed by atoms with Crippen LogP contribution in [0.1, 0.15) is 56.2 Å². The normalized spacial score (nSPS) is 13.7. The number of hydrogen-bond donors (Lipinski definition) is 1. The zero-order valence-electron chi connectivity index (χ0n) is 21.7. The molecule has 0 bridgehead atoms. The molecule has 2 heterocycles. The topological polar surface area (TPSA) is 73.0 Å². The molecule has 1 N–H and O–H groups in total. The fraction of sp³-hybridized carbons (Fsp3) is 0.345. The molecule has 2 aromatic carbocycles. The van der Waals surface area contributed by atoms with Crippen molar-refractivity contribution in [2.24, 2.45) is 0 Å². The number of anilines is 2. The minimum atomic E-state index is -0.191. The highest BCUT2D eigenvalue weighted by molar-refractivity contribution is 7.12. The minimum absolute atomic E-state index is 0.0351. The lowest BCUT2D eigenvalue weighted by Gasteiger charge is -2.28. The van der Waals surface area contributed by atoms with E-state index in [4.69, 9.17) is 0 Å². The Hall–Kier alpha value is -3.65. The van der Waals surface area contributed by atoms with Gasteiger partial charge in [-0.05, 0) is 69.0 Å². The number of thiophene rings is 1. The summed E-state index contributed by atoms with van der Waals surface area (Å²) in [5, 5.41) is 4.79. The fourth-order valence-corrected chi connectivity index (χ4v) is 5.20. The molecule has 1 aromatic heterocycles. The Balaban J connectivity index is 1.57. The van der Waals surface area contributed by atoms with Crippen molar-refractivity contribution in [3.63, 3.8) is 0 Å². The third kappa shape index (κ3) is 6.20. The fourth-order valence-electron chi connectivity index (χ4n) is 4.58. The van der Waals surface area contributed by atoms with E-state index in [0.29, 0.717) is 54.4 Å². The highest BCUT2D eigenvalue weighted by Crippen LogP contribution is 2.28. The van der Waals surface area contributed by atoms with Crippen LogP contribution < -0.4 is 10.2 Å². The van der Waals surface area contributed by atoms with Crippen LogP contribution >= 0.6 is 11.3 Å². The molecule has 8 heteroatoms. The maximum atomic E-state index is 13.5. The third-order valence-electron chi connectivity index (χ3n) is 6.70. The van der Waals surface area contributed by atoms with E-state index in [1.807, 2.05) is 73.5 Å². The lowest BCUT2D eigenvalue weighted by atomic mass is 10.1. The second kappa shape index (κ2) is 12.1. The summed E-state index contributed by atoms with van der Waals surface area (Å²) in [6, 6.07) is 16.8. The first-order valence-corrected chi connectivity index (χ1v) is 13.7. The Bertz CT molecular complexity index is 1240. The molecule has 37 heavy (non-hydrogen) atoms. The van der Waals surface area contributed by atoms with E-state index >= 15 is 0 Å². The molecular formula is C29H34N4O3S. The van der Waals surface area contributed by atoms with Crippen LogP contribution in [-0.2, 0) is 0 Å². The number of benzene rings is 2. The van der Waals surface area contributed by atoms with Crippen LogP contribution in [0.3, 0.4) is 0 Å². The van der Waals surface area contributed by atoms with E-state index in [9.17, 15) is 14.4 Å². The number of aryl methyl sites for hydroxylation is 1. The first-order valence-electron chi connectivity index (χ1n) is 12.8. The van der Waals surface area contributed by atoms with Crippen LogP contribution in [0.2, 0.25) is 0 Å². The number of carbonyl (C=O) groups is 3. The van der Waals surface area contributed by atoms with Crippen LogP contribution in [-0.4, -0.2) is 66.8 Å². The number of nitrogens with one attached hydrogen (secondary N) is 1. The number of rotatable bonds is 7. The zero-order chi connectivity index (χ0) is 26.4. The molecule has 0 radical (unpaired) electrons. The van der Waals surface area contributed by atoms with Crippen molar-refractivity contribution in [2.75, 3.05) is 49.5 Å². The van der Waals surface area contributed by atoms with E-state index in [1.54, 1.807) is 17.0 Å². The zero-order valence-corrected chi connectivity index (χ0v) is 22.5. The lowest BCUT2D eigenvalue weighted by molar-refractivity contribution is 0.0760. The van der Waals surface area contributed by atoms with Gasteiger partial charge >= 0.3 is 0 Å². The Morgan fingerprint density at radius 2 is 1.70 bits per heavy atom. The predicted octanol–water partition coefficient (Wildman–Crippen LogP) is 5.14. The van der Waals surface area contributed by atoms with Crippen LogP contribution in [0, 0.1) is 6.92 Å². The molecular weight excluding hydrogens is 484 g/mol. The average Bonchev–Trinajstić information content (AvgIpc) is 3.35. The van der Waals surface area contributed by atoms with Gasteiger partial charge in [0.15, 0.2) is 0 Å². The second-order valence-corrected chi connectivity index (χ2v) is 10.1. The van der Waals surface area contributed by atoms with Gasteiger partial charge < -0.3 is 20.0 Å². The van der Waals surface area contributed by atoms with Gasteiger partial charge in [-0.2, -0.15) is 0 Å². The molecule has 0 unspecified atom stereocenters. The highest BCUT2D eigenvalue weighted by atomic mass is 32.1. The third-order valence-corrected chi connectivity index (χ3v) is 7.57. The number of carbonyl (C=O) groups excluding carboxylic acids is 3. The molecule has 3 aromatic rings. The molecule has 4 rings (SSSR count). The average molecular weight is 519 g/mol. The lowest BCUT2D eigenvalue weighted by Crippen LogP contribution is -2.36. The molecule has 1 aliphatic heterocycles. The molecule has 194 valence electrons. The largest absolute Gasteiger partial charge is 0.369 e. The Morgan fingerprint density at radius 3 is 2.38 bits per heavy atom. The van der Waals surface area contributed by atoms with Crippen LogP contribution in [0.4, 0.5) is 11.4 Å². The van der Waals surface area contributed by atoms with Gasteiger partial charge in [0.25, 0.3) is 17.7 Å². The smallest absolute Gasteiger partial charge is 0.265 e. The summed E-state index contributed by atoms with van der Waals surface area (Å²) in [6.45, 7) is 9.72. The Morgan fingerprint density at radius 1 is 0.946 bits per heavy atom. The SMILES string of the molecule is CCN(CC)C(=O)c1cc(NC(=O)c2cccs2)ccc1N1CCCN(C(=O)c2ccc(C)cc2)CC1. The molecule has 0 spiro atoms. The van der Waals surface area contributed by atoms with Gasteiger partial charge in [-0.15, -0.1) is 11.3 Å². The molecule has 7 nitrogen and oxygen atoms in total. The summed E-state index contributed by atoms with van der Waals surface area (Å²) in [6.07, 6.45) is 0.799. The van der Waals surface area contributed by atoms with Gasteiger partial charge in [0.05, 0.1) is 10.4 Å². The molecule has 3 amide bonds. The summed E-state index contributed by atoms with van der Waals surface area (Å²) in [7, 11) is 0. The van der Waals surface area contributed by atoms with E-state index in [1.165, 1.54) is 11.3 Å². The van der Waals surface area contributed by atoms with Crippen molar-refractivity contribution in [3.05, 3.63) is 81.5 Å². The number of nitrogens with zero attached hydrogens (tertiary/aromatic N) is 3. The van der Waals surface area contributed by atoms with Crippen molar-refractivity contribution in [2.45, 2.75) is 27.2 Å². The number of amides is 3.